The van der Waals surface area contributed by atoms with Gasteiger partial charge in [-0.3, -0.25) is 14.5 Å². The molecule has 1 aromatic rings. The lowest BCUT2D eigenvalue weighted by Gasteiger charge is -2.37. The Morgan fingerprint density at radius 1 is 1.25 bits per heavy atom. The molecule has 1 amide bonds. The van der Waals surface area contributed by atoms with Crippen molar-refractivity contribution in [2.75, 3.05) is 27.2 Å². The van der Waals surface area contributed by atoms with Gasteiger partial charge in [-0.05, 0) is 31.9 Å². The summed E-state index contributed by atoms with van der Waals surface area (Å²) in [5.41, 5.74) is 1.29. The molecule has 0 spiro atoms. The molecule has 5 heteroatoms. The lowest BCUT2D eigenvalue weighted by molar-refractivity contribution is -0.141. The van der Waals surface area contributed by atoms with Crippen molar-refractivity contribution < 1.29 is 14.3 Å². The van der Waals surface area contributed by atoms with Crippen molar-refractivity contribution in [1.82, 2.24) is 9.80 Å². The Bertz CT molecular complexity index is 533. The Morgan fingerprint density at radius 3 is 2.71 bits per heavy atom. The van der Waals surface area contributed by atoms with Crippen molar-refractivity contribution in [3.8, 4) is 0 Å². The molecule has 0 radical (unpaired) electrons. The average molecular weight is 332 g/mol. The fourth-order valence-electron chi connectivity index (χ4n) is 3.19. The largest absolute Gasteiger partial charge is 0.469 e. The van der Waals surface area contributed by atoms with Gasteiger partial charge in [-0.1, -0.05) is 30.3 Å². The summed E-state index contributed by atoms with van der Waals surface area (Å²) < 4.78 is 4.61. The van der Waals surface area contributed by atoms with Crippen molar-refractivity contribution >= 4 is 11.9 Å². The molecular formula is C19H28N2O3. The molecule has 2 rings (SSSR count). The van der Waals surface area contributed by atoms with Crippen LogP contribution in [-0.4, -0.2) is 55.0 Å². The first-order valence-electron chi connectivity index (χ1n) is 8.69. The van der Waals surface area contributed by atoms with Crippen LogP contribution < -0.4 is 0 Å². The van der Waals surface area contributed by atoms with Crippen LogP contribution in [0.3, 0.4) is 0 Å². The first kappa shape index (κ1) is 18.5. The summed E-state index contributed by atoms with van der Waals surface area (Å²) in [6, 6.07) is 10.8. The van der Waals surface area contributed by atoms with Gasteiger partial charge >= 0.3 is 5.97 Å². The van der Waals surface area contributed by atoms with Gasteiger partial charge in [-0.15, -0.1) is 0 Å². The van der Waals surface area contributed by atoms with Crippen molar-refractivity contribution in [1.29, 1.82) is 0 Å². The molecule has 0 aromatic heterocycles. The van der Waals surface area contributed by atoms with Gasteiger partial charge in [0.1, 0.15) is 0 Å². The number of likely N-dealkylation sites (N-methyl/N-ethyl adjacent to an activating group) is 1. The van der Waals surface area contributed by atoms with Crippen molar-refractivity contribution in [2.45, 2.75) is 44.7 Å². The van der Waals surface area contributed by atoms with Crippen molar-refractivity contribution in [2.24, 2.45) is 0 Å². The average Bonchev–Trinajstić information content (AvgIpc) is 2.62. The summed E-state index contributed by atoms with van der Waals surface area (Å²) in [7, 11) is 3.50. The first-order valence-corrected chi connectivity index (χ1v) is 8.69. The number of carbonyl (C=O) groups is 2. The Morgan fingerprint density at radius 2 is 2.00 bits per heavy atom. The maximum Gasteiger partial charge on any atom is 0.305 e. The molecule has 1 unspecified atom stereocenters. The second kappa shape index (κ2) is 9.42. The van der Waals surface area contributed by atoms with E-state index in [4.69, 9.17) is 0 Å². The van der Waals surface area contributed by atoms with E-state index in [1.54, 1.807) is 0 Å². The molecule has 5 nitrogen and oxygen atoms in total. The number of ether oxygens (including phenoxy) is 1. The fraction of sp³-hybridized carbons (Fsp3) is 0.579. The maximum absolute atomic E-state index is 12.3. The highest BCUT2D eigenvalue weighted by Gasteiger charge is 2.26. The highest BCUT2D eigenvalue weighted by atomic mass is 16.5. The van der Waals surface area contributed by atoms with E-state index in [-0.39, 0.29) is 11.9 Å². The lowest BCUT2D eigenvalue weighted by Crippen LogP contribution is -2.48. The highest BCUT2D eigenvalue weighted by Crippen LogP contribution is 2.18. The van der Waals surface area contributed by atoms with E-state index in [2.05, 4.69) is 40.9 Å². The molecule has 1 saturated heterocycles. The molecule has 0 bridgehead atoms. The van der Waals surface area contributed by atoms with Gasteiger partial charge < -0.3 is 9.64 Å². The third-order valence-electron chi connectivity index (χ3n) is 4.65. The van der Waals surface area contributed by atoms with Crippen LogP contribution in [0.25, 0.3) is 0 Å². The number of carbonyl (C=O) groups excluding carboxylic acids is 2. The Kier molecular flexibility index (Phi) is 7.25. The third kappa shape index (κ3) is 5.64. The Hall–Kier alpha value is -1.88. The van der Waals surface area contributed by atoms with Crippen LogP contribution in [0, 0.1) is 0 Å². The van der Waals surface area contributed by atoms with Gasteiger partial charge in [0, 0.05) is 38.5 Å². The van der Waals surface area contributed by atoms with Crippen LogP contribution in [-0.2, 0) is 20.9 Å². The molecule has 1 fully saturated rings. The van der Waals surface area contributed by atoms with Crippen LogP contribution in [0.15, 0.2) is 30.3 Å². The quantitative estimate of drug-likeness (QED) is 0.720. The van der Waals surface area contributed by atoms with Crippen LogP contribution in [0.1, 0.15) is 37.7 Å². The molecule has 0 N–H and O–H groups in total. The molecule has 1 aliphatic heterocycles. The molecule has 24 heavy (non-hydrogen) atoms. The van der Waals surface area contributed by atoms with Gasteiger partial charge in [0.05, 0.1) is 7.11 Å². The summed E-state index contributed by atoms with van der Waals surface area (Å²) in [5, 5.41) is 0. The van der Waals surface area contributed by atoms with Gasteiger partial charge in [0.2, 0.25) is 5.91 Å². The van der Waals surface area contributed by atoms with Crippen molar-refractivity contribution in [3.05, 3.63) is 35.9 Å². The maximum atomic E-state index is 12.3. The number of likely N-dealkylation sites (tertiary alicyclic amines) is 1. The van der Waals surface area contributed by atoms with Crippen LogP contribution in [0.4, 0.5) is 0 Å². The zero-order chi connectivity index (χ0) is 17.4. The van der Waals surface area contributed by atoms with Gasteiger partial charge in [-0.2, -0.15) is 0 Å². The number of benzene rings is 1. The number of rotatable bonds is 7. The van der Waals surface area contributed by atoms with E-state index in [9.17, 15) is 9.59 Å². The standard InChI is InChI=1S/C19H28N2O3/c1-20(14-16-8-4-3-5-9-16)17-10-7-13-21(15-17)18(22)11-6-12-19(23)24-2/h3-5,8-9,17H,6-7,10-15H2,1-2H3. The topological polar surface area (TPSA) is 49.9 Å². The minimum Gasteiger partial charge on any atom is -0.469 e. The smallest absolute Gasteiger partial charge is 0.305 e. The number of hydrogen-bond donors (Lipinski definition) is 0. The Balaban J connectivity index is 1.80. The molecule has 1 heterocycles. The van der Waals surface area contributed by atoms with Crippen LogP contribution in [0.5, 0.6) is 0 Å². The molecule has 1 aromatic carbocycles. The highest BCUT2D eigenvalue weighted by molar-refractivity contribution is 5.77. The number of hydrogen-bond acceptors (Lipinski definition) is 4. The monoisotopic (exact) mass is 332 g/mol. The van der Waals surface area contributed by atoms with E-state index >= 15 is 0 Å². The van der Waals surface area contributed by atoms with E-state index < -0.39 is 0 Å². The van der Waals surface area contributed by atoms with E-state index in [0.717, 1.165) is 32.5 Å². The second-order valence-electron chi connectivity index (χ2n) is 6.47. The number of nitrogens with zero attached hydrogens (tertiary/aromatic N) is 2. The fourth-order valence-corrected chi connectivity index (χ4v) is 3.19. The van der Waals surface area contributed by atoms with E-state index in [1.807, 2.05) is 11.0 Å². The van der Waals surface area contributed by atoms with Crippen LogP contribution in [0.2, 0.25) is 0 Å². The molecule has 132 valence electrons. The zero-order valence-corrected chi connectivity index (χ0v) is 14.7. The van der Waals surface area contributed by atoms with E-state index in [1.165, 1.54) is 12.7 Å². The molecule has 1 aliphatic rings. The number of amides is 1. The summed E-state index contributed by atoms with van der Waals surface area (Å²) in [4.78, 5) is 27.8. The normalized spacial score (nSPS) is 17.8. The van der Waals surface area contributed by atoms with Gasteiger partial charge in [-0.25, -0.2) is 0 Å². The SMILES string of the molecule is COC(=O)CCCC(=O)N1CCCC(N(C)Cc2ccccc2)C1. The van der Waals surface area contributed by atoms with E-state index in [0.29, 0.717) is 25.3 Å². The summed E-state index contributed by atoms with van der Waals surface area (Å²) in [6.07, 6.45) is 3.45. The predicted molar refractivity (Wildman–Crippen MR) is 93.4 cm³/mol. The molecular weight excluding hydrogens is 304 g/mol. The zero-order valence-electron chi connectivity index (χ0n) is 14.7. The number of methoxy groups -OCH3 is 1. The summed E-state index contributed by atoms with van der Waals surface area (Å²) in [5.74, 6) is -0.0985. The molecule has 1 atom stereocenters. The third-order valence-corrected chi connectivity index (χ3v) is 4.65. The summed E-state index contributed by atoms with van der Waals surface area (Å²) >= 11 is 0. The minimum absolute atomic E-state index is 0.150. The van der Waals surface area contributed by atoms with Crippen LogP contribution >= 0.6 is 0 Å². The number of piperidine rings is 1. The summed E-state index contributed by atoms with van der Waals surface area (Å²) in [6.45, 7) is 2.50. The minimum atomic E-state index is -0.248. The predicted octanol–water partition coefficient (Wildman–Crippen LogP) is 2.45. The van der Waals surface area contributed by atoms with Gasteiger partial charge in [0.15, 0.2) is 0 Å². The lowest BCUT2D eigenvalue weighted by atomic mass is 10.0. The molecule has 0 aliphatic carbocycles. The number of esters is 1. The second-order valence-corrected chi connectivity index (χ2v) is 6.47. The van der Waals surface area contributed by atoms with Gasteiger partial charge in [0.25, 0.3) is 0 Å². The van der Waals surface area contributed by atoms with Crippen molar-refractivity contribution in [3.63, 3.8) is 0 Å². The Labute approximate surface area is 144 Å². The molecule has 0 saturated carbocycles. The first-order chi connectivity index (χ1) is 11.6.